The lowest BCUT2D eigenvalue weighted by atomic mass is 10.1. The molecule has 0 saturated heterocycles. The lowest BCUT2D eigenvalue weighted by Gasteiger charge is -2.19. The van der Waals surface area contributed by atoms with Crippen LogP contribution in [0.1, 0.15) is 50.3 Å². The zero-order valence-corrected chi connectivity index (χ0v) is 12.8. The Kier molecular flexibility index (Phi) is 4.73. The third kappa shape index (κ3) is 3.09. The Morgan fingerprint density at radius 3 is 2.94 bits per heavy atom. The molecule has 0 amide bonds. The van der Waals surface area contributed by atoms with Gasteiger partial charge in [0.05, 0.1) is 5.69 Å². The van der Waals surface area contributed by atoms with Crippen molar-refractivity contribution < 1.29 is 0 Å². The van der Waals surface area contributed by atoms with Crippen molar-refractivity contribution in [1.29, 1.82) is 0 Å². The van der Waals surface area contributed by atoms with Crippen molar-refractivity contribution in [3.63, 3.8) is 0 Å². The Morgan fingerprint density at radius 2 is 2.28 bits per heavy atom. The Morgan fingerprint density at radius 1 is 1.50 bits per heavy atom. The molecule has 2 rings (SSSR count). The van der Waals surface area contributed by atoms with E-state index in [1.165, 1.54) is 30.5 Å². The van der Waals surface area contributed by atoms with Gasteiger partial charge < -0.3 is 5.32 Å². The lowest BCUT2D eigenvalue weighted by molar-refractivity contribution is 0.529. The van der Waals surface area contributed by atoms with Gasteiger partial charge in [0, 0.05) is 36.6 Å². The van der Waals surface area contributed by atoms with Gasteiger partial charge >= 0.3 is 0 Å². The summed E-state index contributed by atoms with van der Waals surface area (Å²) in [4.78, 5) is 0. The van der Waals surface area contributed by atoms with Crippen LogP contribution >= 0.6 is 11.8 Å². The van der Waals surface area contributed by atoms with Crippen LogP contribution in [0, 0.1) is 0 Å². The van der Waals surface area contributed by atoms with Gasteiger partial charge in [-0.05, 0) is 25.0 Å². The van der Waals surface area contributed by atoms with E-state index >= 15 is 0 Å². The number of nitrogens with one attached hydrogen (secondary N) is 1. The summed E-state index contributed by atoms with van der Waals surface area (Å²) < 4.78 is 1.94. The van der Waals surface area contributed by atoms with E-state index in [2.05, 4.69) is 36.7 Å². The van der Waals surface area contributed by atoms with E-state index in [1.54, 1.807) is 0 Å². The molecule has 3 nitrogen and oxygen atoms in total. The normalized spacial score (nSPS) is 24.1. The van der Waals surface area contributed by atoms with Gasteiger partial charge in [0.1, 0.15) is 0 Å². The van der Waals surface area contributed by atoms with Crippen LogP contribution in [0.3, 0.4) is 0 Å². The first-order valence-corrected chi connectivity index (χ1v) is 8.19. The van der Waals surface area contributed by atoms with E-state index in [0.717, 1.165) is 11.8 Å². The largest absolute Gasteiger partial charge is 0.309 e. The van der Waals surface area contributed by atoms with Gasteiger partial charge in [-0.25, -0.2) is 0 Å². The van der Waals surface area contributed by atoms with Crippen molar-refractivity contribution in [3.8, 4) is 0 Å². The number of nitrogens with zero attached hydrogens (tertiary/aromatic N) is 2. The molecule has 1 heterocycles. The molecule has 1 fully saturated rings. The van der Waals surface area contributed by atoms with Crippen molar-refractivity contribution >= 4 is 11.8 Å². The summed E-state index contributed by atoms with van der Waals surface area (Å²) >= 11 is 2.01. The average molecular weight is 267 g/mol. The van der Waals surface area contributed by atoms with Crippen molar-refractivity contribution in [2.75, 3.05) is 6.26 Å². The van der Waals surface area contributed by atoms with Crippen LogP contribution in [0.4, 0.5) is 0 Å². The SMILES string of the molecule is CSC1CCCC1NCc1cn(C)nc1C(C)C. The maximum atomic E-state index is 4.57. The molecule has 18 heavy (non-hydrogen) atoms. The van der Waals surface area contributed by atoms with Gasteiger partial charge in [-0.15, -0.1) is 0 Å². The van der Waals surface area contributed by atoms with Gasteiger partial charge in [0.15, 0.2) is 0 Å². The highest BCUT2D eigenvalue weighted by Crippen LogP contribution is 2.28. The Bertz CT molecular complexity index is 386. The quantitative estimate of drug-likeness (QED) is 0.889. The second-order valence-corrected chi connectivity index (χ2v) is 6.64. The molecule has 0 radical (unpaired) electrons. The van der Waals surface area contributed by atoms with Gasteiger partial charge in [0.2, 0.25) is 0 Å². The molecule has 1 N–H and O–H groups in total. The fourth-order valence-corrected chi connectivity index (χ4v) is 3.82. The molecule has 1 aromatic heterocycles. The van der Waals surface area contributed by atoms with Crippen LogP contribution in [0.2, 0.25) is 0 Å². The molecular weight excluding hydrogens is 242 g/mol. The molecule has 102 valence electrons. The number of hydrogen-bond acceptors (Lipinski definition) is 3. The minimum atomic E-state index is 0.503. The van der Waals surface area contributed by atoms with Gasteiger partial charge in [-0.3, -0.25) is 4.68 Å². The van der Waals surface area contributed by atoms with Crippen molar-refractivity contribution in [2.24, 2.45) is 7.05 Å². The molecule has 1 aromatic rings. The van der Waals surface area contributed by atoms with Crippen molar-refractivity contribution in [1.82, 2.24) is 15.1 Å². The van der Waals surface area contributed by atoms with E-state index in [1.807, 2.05) is 23.5 Å². The van der Waals surface area contributed by atoms with Gasteiger partial charge in [-0.2, -0.15) is 16.9 Å². The molecule has 1 saturated carbocycles. The minimum absolute atomic E-state index is 0.503. The predicted molar refractivity (Wildman–Crippen MR) is 79.1 cm³/mol. The van der Waals surface area contributed by atoms with Crippen molar-refractivity contribution in [2.45, 2.75) is 56.9 Å². The van der Waals surface area contributed by atoms with Crippen LogP contribution in [0.15, 0.2) is 6.20 Å². The molecule has 0 bridgehead atoms. The average Bonchev–Trinajstić information content (AvgIpc) is 2.91. The topological polar surface area (TPSA) is 29.9 Å². The third-order valence-electron chi connectivity index (χ3n) is 3.79. The van der Waals surface area contributed by atoms with Crippen LogP contribution in [0.25, 0.3) is 0 Å². The number of thioether (sulfide) groups is 1. The van der Waals surface area contributed by atoms with E-state index < -0.39 is 0 Å². The number of aromatic nitrogens is 2. The maximum Gasteiger partial charge on any atom is 0.0694 e. The van der Waals surface area contributed by atoms with Crippen LogP contribution < -0.4 is 5.32 Å². The zero-order valence-electron chi connectivity index (χ0n) is 11.9. The third-order valence-corrected chi connectivity index (χ3v) is 4.96. The second kappa shape index (κ2) is 6.11. The summed E-state index contributed by atoms with van der Waals surface area (Å²) in [5, 5.41) is 9.09. The maximum absolute atomic E-state index is 4.57. The number of aryl methyl sites for hydroxylation is 1. The first-order valence-electron chi connectivity index (χ1n) is 6.90. The Hall–Kier alpha value is -0.480. The number of rotatable bonds is 5. The second-order valence-electron chi connectivity index (χ2n) is 5.56. The summed E-state index contributed by atoms with van der Waals surface area (Å²) in [7, 11) is 2.01. The molecule has 0 spiro atoms. The monoisotopic (exact) mass is 267 g/mol. The number of hydrogen-bond donors (Lipinski definition) is 1. The Labute approximate surface area is 115 Å². The van der Waals surface area contributed by atoms with E-state index in [0.29, 0.717) is 12.0 Å². The standard InChI is InChI=1S/C14H25N3S/c1-10(2)14-11(9-17(3)16-14)8-15-12-6-5-7-13(12)18-4/h9-10,12-13,15H,5-8H2,1-4H3. The summed E-state index contributed by atoms with van der Waals surface area (Å²) in [6, 6.07) is 0.681. The molecule has 0 aliphatic heterocycles. The highest BCUT2D eigenvalue weighted by Gasteiger charge is 2.26. The highest BCUT2D eigenvalue weighted by atomic mass is 32.2. The first kappa shape index (κ1) is 13.9. The summed E-state index contributed by atoms with van der Waals surface area (Å²) in [5.74, 6) is 0.503. The molecular formula is C14H25N3S. The van der Waals surface area contributed by atoms with Crippen LogP contribution in [-0.4, -0.2) is 27.3 Å². The molecule has 4 heteroatoms. The van der Waals surface area contributed by atoms with E-state index in [9.17, 15) is 0 Å². The Balaban J connectivity index is 1.97. The van der Waals surface area contributed by atoms with E-state index in [-0.39, 0.29) is 0 Å². The van der Waals surface area contributed by atoms with Gasteiger partial charge in [0.25, 0.3) is 0 Å². The smallest absolute Gasteiger partial charge is 0.0694 e. The zero-order chi connectivity index (χ0) is 13.1. The fourth-order valence-electron chi connectivity index (χ4n) is 2.86. The van der Waals surface area contributed by atoms with Crippen LogP contribution in [0.5, 0.6) is 0 Å². The summed E-state index contributed by atoms with van der Waals surface area (Å²) in [6.45, 7) is 5.39. The predicted octanol–water partition coefficient (Wildman–Crippen LogP) is 2.92. The van der Waals surface area contributed by atoms with Crippen LogP contribution in [-0.2, 0) is 13.6 Å². The van der Waals surface area contributed by atoms with Crippen molar-refractivity contribution in [3.05, 3.63) is 17.5 Å². The van der Waals surface area contributed by atoms with E-state index in [4.69, 9.17) is 0 Å². The lowest BCUT2D eigenvalue weighted by Crippen LogP contribution is -2.33. The molecule has 1 aliphatic carbocycles. The first-order chi connectivity index (χ1) is 8.61. The summed E-state index contributed by atoms with van der Waals surface area (Å²) in [6.07, 6.45) is 8.44. The molecule has 1 aliphatic rings. The fraction of sp³-hybridized carbons (Fsp3) is 0.786. The van der Waals surface area contributed by atoms with Gasteiger partial charge in [-0.1, -0.05) is 20.3 Å². The summed E-state index contributed by atoms with van der Waals surface area (Å²) in [5.41, 5.74) is 2.60. The minimum Gasteiger partial charge on any atom is -0.309 e. The molecule has 0 aromatic carbocycles. The highest BCUT2D eigenvalue weighted by molar-refractivity contribution is 7.99. The molecule has 2 unspecified atom stereocenters. The molecule has 2 atom stereocenters.